The lowest BCUT2D eigenvalue weighted by molar-refractivity contribution is -0.122. The fourth-order valence-corrected chi connectivity index (χ4v) is 1.88. The van der Waals surface area contributed by atoms with Crippen LogP contribution in [-0.4, -0.2) is 17.6 Å². The van der Waals surface area contributed by atoms with Gasteiger partial charge in [-0.25, -0.2) is 0 Å². The quantitative estimate of drug-likeness (QED) is 0.881. The number of carbonyl (C=O) groups excluding carboxylic acids is 1. The van der Waals surface area contributed by atoms with E-state index in [9.17, 15) is 4.79 Å². The molecule has 1 unspecified atom stereocenters. The van der Waals surface area contributed by atoms with Crippen molar-refractivity contribution in [2.24, 2.45) is 5.73 Å². The number of benzene rings is 1. The summed E-state index contributed by atoms with van der Waals surface area (Å²) in [6.45, 7) is 2.43. The van der Waals surface area contributed by atoms with E-state index in [1.807, 2.05) is 37.3 Å². The Bertz CT molecular complexity index is 542. The van der Waals surface area contributed by atoms with E-state index < -0.39 is 0 Å². The minimum absolute atomic E-state index is 0. The number of hydrogen-bond acceptors (Lipinski definition) is 4. The van der Waals surface area contributed by atoms with Crippen molar-refractivity contribution in [2.45, 2.75) is 19.4 Å². The minimum atomic E-state index is -0.342. The number of halogens is 1. The first kappa shape index (κ1) is 16.2. The first-order chi connectivity index (χ1) is 9.20. The van der Waals surface area contributed by atoms with E-state index in [-0.39, 0.29) is 30.8 Å². The lowest BCUT2D eigenvalue weighted by atomic mass is 9.98. The Morgan fingerprint density at radius 1 is 1.40 bits per heavy atom. The van der Waals surface area contributed by atoms with Crippen LogP contribution in [0.25, 0.3) is 0 Å². The molecule has 1 aromatic heterocycles. The van der Waals surface area contributed by atoms with Gasteiger partial charge in [-0.15, -0.1) is 12.4 Å². The average Bonchev–Trinajstić information content (AvgIpc) is 2.84. The van der Waals surface area contributed by atoms with Crippen LogP contribution in [-0.2, 0) is 11.3 Å². The number of hydrogen-bond donors (Lipinski definition) is 2. The second-order valence-electron chi connectivity index (χ2n) is 4.35. The Hall–Kier alpha value is -1.85. The van der Waals surface area contributed by atoms with Gasteiger partial charge < -0.3 is 15.6 Å². The maximum atomic E-state index is 12.1. The minimum Gasteiger partial charge on any atom is -0.359 e. The van der Waals surface area contributed by atoms with Crippen molar-refractivity contribution in [2.75, 3.05) is 6.54 Å². The molecule has 1 atom stereocenters. The second kappa shape index (κ2) is 7.67. The monoisotopic (exact) mass is 295 g/mol. The van der Waals surface area contributed by atoms with E-state index in [1.165, 1.54) is 0 Å². The van der Waals surface area contributed by atoms with E-state index in [0.717, 1.165) is 11.3 Å². The summed E-state index contributed by atoms with van der Waals surface area (Å²) in [5.41, 5.74) is 7.39. The van der Waals surface area contributed by atoms with Crippen molar-refractivity contribution in [3.63, 3.8) is 0 Å². The van der Waals surface area contributed by atoms with Crippen molar-refractivity contribution in [1.29, 1.82) is 0 Å². The normalized spacial score (nSPS) is 11.5. The maximum Gasteiger partial charge on any atom is 0.229 e. The predicted octanol–water partition coefficient (Wildman–Crippen LogP) is 1.76. The number of nitrogens with zero attached hydrogens (tertiary/aromatic N) is 1. The van der Waals surface area contributed by atoms with Crippen LogP contribution in [0.15, 0.2) is 40.9 Å². The lowest BCUT2D eigenvalue weighted by Crippen LogP contribution is -2.33. The third-order valence-corrected chi connectivity index (χ3v) is 2.87. The summed E-state index contributed by atoms with van der Waals surface area (Å²) in [4.78, 5) is 12.1. The van der Waals surface area contributed by atoms with Crippen molar-refractivity contribution >= 4 is 18.3 Å². The van der Waals surface area contributed by atoms with Crippen LogP contribution < -0.4 is 11.1 Å². The smallest absolute Gasteiger partial charge is 0.229 e. The second-order valence-corrected chi connectivity index (χ2v) is 4.35. The first-order valence-electron chi connectivity index (χ1n) is 6.15. The van der Waals surface area contributed by atoms with Crippen molar-refractivity contribution < 1.29 is 9.32 Å². The van der Waals surface area contributed by atoms with Gasteiger partial charge in [0.25, 0.3) is 0 Å². The topological polar surface area (TPSA) is 81.2 Å². The average molecular weight is 296 g/mol. The molecule has 0 radical (unpaired) electrons. The number of nitrogens with two attached hydrogens (primary N) is 1. The number of amides is 1. The Balaban J connectivity index is 0.00000200. The summed E-state index contributed by atoms with van der Waals surface area (Å²) in [5, 5.41) is 6.58. The summed E-state index contributed by atoms with van der Waals surface area (Å²) >= 11 is 0. The van der Waals surface area contributed by atoms with Gasteiger partial charge in [0.2, 0.25) is 5.91 Å². The molecule has 1 heterocycles. The molecule has 3 N–H and O–H groups in total. The highest BCUT2D eigenvalue weighted by Gasteiger charge is 2.18. The van der Waals surface area contributed by atoms with E-state index in [1.54, 1.807) is 6.07 Å². The van der Waals surface area contributed by atoms with Gasteiger partial charge in [0.15, 0.2) is 5.76 Å². The van der Waals surface area contributed by atoms with Gasteiger partial charge in [-0.3, -0.25) is 4.79 Å². The fraction of sp³-hybridized carbons (Fsp3) is 0.286. The van der Waals surface area contributed by atoms with Gasteiger partial charge in [-0.2, -0.15) is 0 Å². The Labute approximate surface area is 123 Å². The van der Waals surface area contributed by atoms with Crippen molar-refractivity contribution in [3.8, 4) is 0 Å². The molecule has 0 spiro atoms. The molecule has 6 heteroatoms. The molecule has 1 amide bonds. The molecule has 5 nitrogen and oxygen atoms in total. The zero-order valence-electron chi connectivity index (χ0n) is 11.2. The van der Waals surface area contributed by atoms with Crippen LogP contribution in [0, 0.1) is 6.92 Å². The van der Waals surface area contributed by atoms with Gasteiger partial charge >= 0.3 is 0 Å². The van der Waals surface area contributed by atoms with Crippen LogP contribution >= 0.6 is 12.4 Å². The molecule has 1 aromatic carbocycles. The number of carbonyl (C=O) groups is 1. The molecule has 20 heavy (non-hydrogen) atoms. The molecule has 108 valence electrons. The molecule has 0 aliphatic heterocycles. The summed E-state index contributed by atoms with van der Waals surface area (Å²) in [7, 11) is 0. The van der Waals surface area contributed by atoms with E-state index in [4.69, 9.17) is 10.3 Å². The van der Waals surface area contributed by atoms with E-state index >= 15 is 0 Å². The molecule has 0 fully saturated rings. The highest BCUT2D eigenvalue weighted by molar-refractivity contribution is 5.85. The van der Waals surface area contributed by atoms with Crippen LogP contribution in [0.1, 0.15) is 22.9 Å². The van der Waals surface area contributed by atoms with Gasteiger partial charge in [-0.05, 0) is 12.5 Å². The zero-order valence-corrected chi connectivity index (χ0v) is 12.0. The molecule has 0 bridgehead atoms. The lowest BCUT2D eigenvalue weighted by Gasteiger charge is -2.14. The molecule has 0 saturated carbocycles. The predicted molar refractivity (Wildman–Crippen MR) is 78.6 cm³/mol. The van der Waals surface area contributed by atoms with Gasteiger partial charge in [0.05, 0.1) is 18.2 Å². The summed E-state index contributed by atoms with van der Waals surface area (Å²) in [6, 6.07) is 11.3. The molecule has 2 rings (SSSR count). The molecule has 0 aliphatic carbocycles. The molecular formula is C14H18ClN3O2. The van der Waals surface area contributed by atoms with Gasteiger partial charge in [0, 0.05) is 12.6 Å². The van der Waals surface area contributed by atoms with Crippen LogP contribution in [0.3, 0.4) is 0 Å². The molecule has 0 aliphatic rings. The van der Waals surface area contributed by atoms with Crippen LogP contribution in [0.2, 0.25) is 0 Å². The first-order valence-corrected chi connectivity index (χ1v) is 6.15. The molecular weight excluding hydrogens is 278 g/mol. The molecule has 0 saturated heterocycles. The number of nitrogens with one attached hydrogen (secondary N) is 1. The summed E-state index contributed by atoms with van der Waals surface area (Å²) in [5.74, 6) is 0.183. The standard InChI is InChI=1S/C14H17N3O2.ClH/c1-10-7-12(19-17-10)9-16-14(18)13(8-15)11-5-3-2-4-6-11;/h2-7,13H,8-9,15H2,1H3,(H,16,18);1H. The van der Waals surface area contributed by atoms with E-state index in [2.05, 4.69) is 10.5 Å². The third-order valence-electron chi connectivity index (χ3n) is 2.87. The SMILES string of the molecule is Cc1cc(CNC(=O)C(CN)c2ccccc2)on1.Cl. The highest BCUT2D eigenvalue weighted by Crippen LogP contribution is 2.14. The van der Waals surface area contributed by atoms with E-state index in [0.29, 0.717) is 12.3 Å². The Kier molecular flexibility index (Phi) is 6.21. The Morgan fingerprint density at radius 3 is 2.65 bits per heavy atom. The van der Waals surface area contributed by atoms with Crippen molar-refractivity contribution in [1.82, 2.24) is 10.5 Å². The summed E-state index contributed by atoms with van der Waals surface area (Å²) in [6.07, 6.45) is 0. The van der Waals surface area contributed by atoms with Crippen LogP contribution in [0.5, 0.6) is 0 Å². The third kappa shape index (κ3) is 4.08. The molecule has 2 aromatic rings. The largest absolute Gasteiger partial charge is 0.359 e. The maximum absolute atomic E-state index is 12.1. The van der Waals surface area contributed by atoms with Crippen LogP contribution in [0.4, 0.5) is 0 Å². The highest BCUT2D eigenvalue weighted by atomic mass is 35.5. The van der Waals surface area contributed by atoms with Gasteiger partial charge in [0.1, 0.15) is 0 Å². The Morgan fingerprint density at radius 2 is 2.10 bits per heavy atom. The number of aryl methyl sites for hydroxylation is 1. The van der Waals surface area contributed by atoms with Gasteiger partial charge in [-0.1, -0.05) is 35.5 Å². The number of rotatable bonds is 5. The number of aromatic nitrogens is 1. The van der Waals surface area contributed by atoms with Crippen molar-refractivity contribution in [3.05, 3.63) is 53.4 Å². The summed E-state index contributed by atoms with van der Waals surface area (Å²) < 4.78 is 5.04. The fourth-order valence-electron chi connectivity index (χ4n) is 1.88. The zero-order chi connectivity index (χ0) is 13.7.